The maximum absolute atomic E-state index is 11.5. The predicted molar refractivity (Wildman–Crippen MR) is 60.6 cm³/mol. The van der Waals surface area contributed by atoms with Gasteiger partial charge in [0.15, 0.2) is 5.76 Å². The summed E-state index contributed by atoms with van der Waals surface area (Å²) in [5.74, 6) is -0.195. The molecule has 0 unspecified atom stereocenters. The average molecular weight is 205 g/mol. The van der Waals surface area contributed by atoms with Crippen molar-refractivity contribution in [2.45, 2.75) is 13.3 Å². The summed E-state index contributed by atoms with van der Waals surface area (Å²) in [4.78, 5) is 11.5. The van der Waals surface area contributed by atoms with E-state index < -0.39 is 0 Å². The molecule has 0 saturated carbocycles. The lowest BCUT2D eigenvalue weighted by atomic mass is 10.1. The van der Waals surface area contributed by atoms with E-state index in [9.17, 15) is 4.79 Å². The Morgan fingerprint density at radius 3 is 2.73 bits per heavy atom. The molecule has 1 aromatic rings. The first kappa shape index (κ1) is 11.3. The van der Waals surface area contributed by atoms with Gasteiger partial charge >= 0.3 is 0 Å². The first-order chi connectivity index (χ1) is 7.19. The lowest BCUT2D eigenvalue weighted by Gasteiger charge is -2.09. The number of amides is 1. The van der Waals surface area contributed by atoms with Gasteiger partial charge in [-0.1, -0.05) is 31.7 Å². The van der Waals surface area contributed by atoms with Gasteiger partial charge < -0.3 is 10.1 Å². The predicted octanol–water partition coefficient (Wildman–Crippen LogP) is 2.35. The minimum atomic E-state index is -0.307. The quantitative estimate of drug-likeness (QED) is 0.605. The summed E-state index contributed by atoms with van der Waals surface area (Å²) < 4.78 is 4.75. The van der Waals surface area contributed by atoms with E-state index in [2.05, 4.69) is 11.9 Å². The molecule has 0 aliphatic heterocycles. The number of aryl methyl sites for hydroxylation is 1. The molecule has 1 amide bonds. The topological polar surface area (TPSA) is 38.3 Å². The Morgan fingerprint density at radius 2 is 2.13 bits per heavy atom. The molecule has 3 nitrogen and oxygen atoms in total. The van der Waals surface area contributed by atoms with E-state index in [0.29, 0.717) is 0 Å². The Hall–Kier alpha value is -1.77. The van der Waals surface area contributed by atoms with Crippen LogP contribution < -0.4 is 5.32 Å². The largest absolute Gasteiger partial charge is 0.492 e. The van der Waals surface area contributed by atoms with Crippen LogP contribution in [0, 0.1) is 0 Å². The molecule has 1 N–H and O–H groups in total. The molecule has 0 atom stereocenters. The van der Waals surface area contributed by atoms with Gasteiger partial charge in [0.25, 0.3) is 5.91 Å². The highest BCUT2D eigenvalue weighted by Crippen LogP contribution is 2.15. The van der Waals surface area contributed by atoms with Crippen LogP contribution in [0.1, 0.15) is 12.5 Å². The Morgan fingerprint density at radius 1 is 1.47 bits per heavy atom. The van der Waals surface area contributed by atoms with E-state index in [1.54, 1.807) is 0 Å². The van der Waals surface area contributed by atoms with Crippen molar-refractivity contribution in [2.75, 3.05) is 12.4 Å². The summed E-state index contributed by atoms with van der Waals surface area (Å²) in [5.41, 5.74) is 1.90. The molecule has 0 aliphatic rings. The lowest BCUT2D eigenvalue weighted by molar-refractivity contribution is -0.115. The summed E-state index contributed by atoms with van der Waals surface area (Å²) in [5, 5.41) is 2.75. The third-order valence-electron chi connectivity index (χ3n) is 2.15. The maximum atomic E-state index is 11.5. The molecule has 15 heavy (non-hydrogen) atoms. The number of para-hydroxylation sites is 1. The second-order valence-electron chi connectivity index (χ2n) is 3.09. The number of ether oxygens (including phenoxy) is 1. The van der Waals surface area contributed by atoms with Gasteiger partial charge in [-0.25, -0.2) is 0 Å². The first-order valence-corrected chi connectivity index (χ1v) is 4.81. The second-order valence-corrected chi connectivity index (χ2v) is 3.09. The van der Waals surface area contributed by atoms with Gasteiger partial charge in [0.1, 0.15) is 0 Å². The summed E-state index contributed by atoms with van der Waals surface area (Å²) in [6.07, 6.45) is 0.871. The minimum absolute atomic E-state index is 0.112. The number of nitrogens with one attached hydrogen (secondary N) is 1. The molecule has 0 spiro atoms. The number of hydrogen-bond donors (Lipinski definition) is 1. The molecule has 1 rings (SSSR count). The summed E-state index contributed by atoms with van der Waals surface area (Å²) in [6, 6.07) is 7.66. The smallest absolute Gasteiger partial charge is 0.290 e. The zero-order valence-electron chi connectivity index (χ0n) is 9.04. The molecule has 3 heteroatoms. The number of hydrogen-bond acceptors (Lipinski definition) is 2. The van der Waals surface area contributed by atoms with Crippen LogP contribution in [0.25, 0.3) is 0 Å². The number of anilines is 1. The molecule has 0 aromatic heterocycles. The van der Waals surface area contributed by atoms with E-state index in [1.165, 1.54) is 7.11 Å². The Labute approximate surface area is 89.8 Å². The zero-order valence-corrected chi connectivity index (χ0v) is 9.04. The third kappa shape index (κ3) is 2.84. The van der Waals surface area contributed by atoms with Crippen molar-refractivity contribution in [3.63, 3.8) is 0 Å². The molecule has 0 saturated heterocycles. The lowest BCUT2D eigenvalue weighted by Crippen LogP contribution is -2.15. The fourth-order valence-corrected chi connectivity index (χ4v) is 1.24. The monoisotopic (exact) mass is 205 g/mol. The van der Waals surface area contributed by atoms with Gasteiger partial charge in [-0.3, -0.25) is 4.79 Å². The van der Waals surface area contributed by atoms with E-state index in [4.69, 9.17) is 4.74 Å². The van der Waals surface area contributed by atoms with E-state index in [1.807, 2.05) is 31.2 Å². The van der Waals surface area contributed by atoms with Crippen molar-refractivity contribution in [1.29, 1.82) is 0 Å². The average Bonchev–Trinajstić information content (AvgIpc) is 2.28. The first-order valence-electron chi connectivity index (χ1n) is 4.81. The molecule has 1 aromatic carbocycles. The van der Waals surface area contributed by atoms with Crippen LogP contribution in [0.3, 0.4) is 0 Å². The van der Waals surface area contributed by atoms with Crippen LogP contribution in [0.15, 0.2) is 36.6 Å². The van der Waals surface area contributed by atoms with Crippen molar-refractivity contribution in [3.8, 4) is 0 Å². The number of carbonyl (C=O) groups is 1. The highest BCUT2D eigenvalue weighted by Gasteiger charge is 2.08. The van der Waals surface area contributed by atoms with Crippen LogP contribution in [-0.2, 0) is 16.0 Å². The number of methoxy groups -OCH3 is 1. The fourth-order valence-electron chi connectivity index (χ4n) is 1.24. The number of benzene rings is 1. The van der Waals surface area contributed by atoms with Crippen LogP contribution in [0.2, 0.25) is 0 Å². The van der Waals surface area contributed by atoms with Crippen LogP contribution in [0.4, 0.5) is 5.69 Å². The Kier molecular flexibility index (Phi) is 3.92. The van der Waals surface area contributed by atoms with Crippen LogP contribution >= 0.6 is 0 Å². The van der Waals surface area contributed by atoms with Crippen molar-refractivity contribution in [2.24, 2.45) is 0 Å². The molecule has 0 fully saturated rings. The maximum Gasteiger partial charge on any atom is 0.290 e. The Balaban J connectivity index is 2.80. The van der Waals surface area contributed by atoms with E-state index >= 15 is 0 Å². The van der Waals surface area contributed by atoms with Gasteiger partial charge in [-0.05, 0) is 18.1 Å². The normalized spacial score (nSPS) is 9.47. The fraction of sp³-hybridized carbons (Fsp3) is 0.250. The summed E-state index contributed by atoms with van der Waals surface area (Å²) in [6.45, 7) is 5.53. The third-order valence-corrected chi connectivity index (χ3v) is 2.15. The van der Waals surface area contributed by atoms with Gasteiger partial charge in [0.05, 0.1) is 7.11 Å². The van der Waals surface area contributed by atoms with E-state index in [0.717, 1.165) is 17.7 Å². The molecule has 0 aliphatic carbocycles. The van der Waals surface area contributed by atoms with Crippen molar-refractivity contribution in [1.82, 2.24) is 0 Å². The zero-order chi connectivity index (χ0) is 11.3. The molecular formula is C12H15NO2. The highest BCUT2D eigenvalue weighted by molar-refractivity contribution is 6.02. The molecule has 0 heterocycles. The summed E-state index contributed by atoms with van der Waals surface area (Å²) in [7, 11) is 1.42. The number of carbonyl (C=O) groups excluding carboxylic acids is 1. The Bertz CT molecular complexity index is 372. The number of rotatable bonds is 4. The highest BCUT2D eigenvalue weighted by atomic mass is 16.5. The van der Waals surface area contributed by atoms with Crippen LogP contribution in [-0.4, -0.2) is 13.0 Å². The molecule has 0 radical (unpaired) electrons. The summed E-state index contributed by atoms with van der Waals surface area (Å²) >= 11 is 0. The van der Waals surface area contributed by atoms with Crippen molar-refractivity contribution >= 4 is 11.6 Å². The molecule has 80 valence electrons. The van der Waals surface area contributed by atoms with Gasteiger partial charge in [0.2, 0.25) is 0 Å². The van der Waals surface area contributed by atoms with Gasteiger partial charge in [-0.15, -0.1) is 0 Å². The van der Waals surface area contributed by atoms with Gasteiger partial charge in [-0.2, -0.15) is 0 Å². The van der Waals surface area contributed by atoms with Crippen molar-refractivity contribution in [3.05, 3.63) is 42.2 Å². The van der Waals surface area contributed by atoms with Crippen LogP contribution in [0.5, 0.6) is 0 Å². The molecule has 0 bridgehead atoms. The SMILES string of the molecule is C=C(OC)C(=O)Nc1ccccc1CC. The van der Waals surface area contributed by atoms with E-state index in [-0.39, 0.29) is 11.7 Å². The van der Waals surface area contributed by atoms with Crippen molar-refractivity contribution < 1.29 is 9.53 Å². The van der Waals surface area contributed by atoms with Gasteiger partial charge in [0, 0.05) is 5.69 Å². The minimum Gasteiger partial charge on any atom is -0.492 e. The molecular weight excluding hydrogens is 190 g/mol. The standard InChI is InChI=1S/C12H15NO2/c1-4-10-7-5-6-8-11(10)13-12(14)9(2)15-3/h5-8H,2,4H2,1,3H3,(H,13,14). The second kappa shape index (κ2) is 5.20.